The lowest BCUT2D eigenvalue weighted by molar-refractivity contribution is 0.190. The van der Waals surface area contributed by atoms with E-state index in [1.54, 1.807) is 0 Å². The highest BCUT2D eigenvalue weighted by molar-refractivity contribution is 5.65. The van der Waals surface area contributed by atoms with E-state index in [1.165, 1.54) is 6.92 Å². The molecule has 1 heterocycles. The number of hydrogen-bond donors (Lipinski definition) is 3. The van der Waals surface area contributed by atoms with E-state index >= 15 is 0 Å². The maximum absolute atomic E-state index is 12.7. The lowest BCUT2D eigenvalue weighted by atomic mass is 10.1. The summed E-state index contributed by atoms with van der Waals surface area (Å²) in [5.41, 5.74) is 0.104. The minimum Gasteiger partial charge on any atom is -0.493 e. The normalized spacial score (nSPS) is 12.1. The van der Waals surface area contributed by atoms with Gasteiger partial charge in [0, 0.05) is 5.56 Å². The van der Waals surface area contributed by atoms with E-state index in [0.717, 1.165) is 12.3 Å². The van der Waals surface area contributed by atoms with Gasteiger partial charge in [0.15, 0.2) is 0 Å². The summed E-state index contributed by atoms with van der Waals surface area (Å²) in [7, 11) is 0. The van der Waals surface area contributed by atoms with Crippen LogP contribution in [0.1, 0.15) is 18.5 Å². The summed E-state index contributed by atoms with van der Waals surface area (Å²) >= 11 is 0. The number of carboxylic acid groups (broad SMARTS) is 1. The van der Waals surface area contributed by atoms with Crippen LogP contribution in [0.25, 0.3) is 0 Å². The summed E-state index contributed by atoms with van der Waals surface area (Å²) < 4.78 is 12.7. The largest absolute Gasteiger partial charge is 0.493 e. The van der Waals surface area contributed by atoms with Crippen molar-refractivity contribution >= 4 is 6.09 Å². The number of amides is 1. The first kappa shape index (κ1) is 10.2. The second-order valence-electron chi connectivity index (χ2n) is 2.74. The van der Waals surface area contributed by atoms with E-state index in [2.05, 4.69) is 10.3 Å². The van der Waals surface area contributed by atoms with Gasteiger partial charge in [-0.05, 0) is 13.0 Å². The van der Waals surface area contributed by atoms with Crippen LogP contribution >= 0.6 is 0 Å². The third kappa shape index (κ3) is 2.32. The van der Waals surface area contributed by atoms with Gasteiger partial charge in [-0.15, -0.1) is 0 Å². The van der Waals surface area contributed by atoms with Crippen LogP contribution in [-0.2, 0) is 0 Å². The third-order valence-corrected chi connectivity index (χ3v) is 1.67. The van der Waals surface area contributed by atoms with Gasteiger partial charge in [0.05, 0.1) is 12.2 Å². The Bertz CT molecular complexity index is 356. The van der Waals surface area contributed by atoms with E-state index in [9.17, 15) is 14.3 Å². The molecular weight excluding hydrogens is 191 g/mol. The molecule has 0 aromatic carbocycles. The molecule has 0 saturated heterocycles. The fraction of sp³-hybridized carbons (Fsp3) is 0.250. The Hall–Kier alpha value is -1.85. The van der Waals surface area contributed by atoms with E-state index in [0.29, 0.717) is 0 Å². The molecule has 1 aromatic rings. The van der Waals surface area contributed by atoms with Crippen molar-refractivity contribution in [1.29, 1.82) is 0 Å². The number of pyridine rings is 1. The Morgan fingerprint density at radius 2 is 2.36 bits per heavy atom. The molecule has 0 saturated carbocycles. The topological polar surface area (TPSA) is 82.5 Å². The molecule has 0 unspecified atom stereocenters. The average Bonchev–Trinajstić information content (AvgIpc) is 2.08. The van der Waals surface area contributed by atoms with Crippen molar-refractivity contribution < 1.29 is 19.4 Å². The van der Waals surface area contributed by atoms with Crippen LogP contribution in [0.3, 0.4) is 0 Å². The summed E-state index contributed by atoms with van der Waals surface area (Å²) in [6.07, 6.45) is -0.395. The van der Waals surface area contributed by atoms with Gasteiger partial charge in [-0.25, -0.2) is 14.2 Å². The molecule has 0 aliphatic heterocycles. The number of halogens is 1. The van der Waals surface area contributed by atoms with E-state index in [1.807, 2.05) is 0 Å². The molecule has 1 rings (SSSR count). The monoisotopic (exact) mass is 200 g/mol. The number of aromatic nitrogens is 1. The Morgan fingerprint density at radius 1 is 1.71 bits per heavy atom. The maximum atomic E-state index is 12.7. The quantitative estimate of drug-likeness (QED) is 0.671. The van der Waals surface area contributed by atoms with Crippen LogP contribution in [0, 0.1) is 5.82 Å². The summed E-state index contributed by atoms with van der Waals surface area (Å²) in [6, 6.07) is 0.318. The van der Waals surface area contributed by atoms with Crippen molar-refractivity contribution in [3.63, 3.8) is 0 Å². The van der Waals surface area contributed by atoms with Crippen LogP contribution in [-0.4, -0.2) is 21.3 Å². The van der Waals surface area contributed by atoms with Gasteiger partial charge in [0.2, 0.25) is 5.88 Å². The Labute approximate surface area is 79.2 Å². The Kier molecular flexibility index (Phi) is 2.85. The van der Waals surface area contributed by atoms with E-state index in [-0.39, 0.29) is 11.4 Å². The van der Waals surface area contributed by atoms with Gasteiger partial charge in [0.25, 0.3) is 0 Å². The van der Waals surface area contributed by atoms with Crippen LogP contribution < -0.4 is 5.32 Å². The highest BCUT2D eigenvalue weighted by Crippen LogP contribution is 2.21. The molecule has 1 aromatic heterocycles. The van der Waals surface area contributed by atoms with Crippen molar-refractivity contribution in [3.05, 3.63) is 23.6 Å². The highest BCUT2D eigenvalue weighted by Gasteiger charge is 2.14. The zero-order valence-electron chi connectivity index (χ0n) is 7.36. The number of rotatable bonds is 2. The number of carbonyl (C=O) groups is 1. The molecule has 0 aliphatic carbocycles. The second-order valence-corrected chi connectivity index (χ2v) is 2.74. The lowest BCUT2D eigenvalue weighted by Gasteiger charge is -2.12. The summed E-state index contributed by atoms with van der Waals surface area (Å²) in [5.74, 6) is -1.01. The smallest absolute Gasteiger partial charge is 0.405 e. The van der Waals surface area contributed by atoms with Crippen molar-refractivity contribution in [2.24, 2.45) is 0 Å². The second kappa shape index (κ2) is 3.91. The van der Waals surface area contributed by atoms with Crippen molar-refractivity contribution in [2.45, 2.75) is 13.0 Å². The molecule has 6 heteroatoms. The van der Waals surface area contributed by atoms with Crippen LogP contribution in [0.2, 0.25) is 0 Å². The fourth-order valence-electron chi connectivity index (χ4n) is 1.03. The van der Waals surface area contributed by atoms with Gasteiger partial charge in [0.1, 0.15) is 5.82 Å². The van der Waals surface area contributed by atoms with Crippen molar-refractivity contribution in [3.8, 4) is 5.88 Å². The molecular formula is C8H9FN2O3. The minimum atomic E-state index is -1.25. The first-order valence-corrected chi connectivity index (χ1v) is 3.84. The third-order valence-electron chi connectivity index (χ3n) is 1.67. The van der Waals surface area contributed by atoms with Gasteiger partial charge >= 0.3 is 6.09 Å². The Balaban J connectivity index is 2.93. The molecule has 76 valence electrons. The van der Waals surface area contributed by atoms with Crippen LogP contribution in [0.15, 0.2) is 12.3 Å². The standard InChI is InChI=1S/C8H9FN2O3/c1-4(11-8(13)14)6-2-5(9)3-10-7(6)12/h2-4,11H,1H3,(H,10,12)(H,13,14)/t4-/m1/s1. The molecule has 0 radical (unpaired) electrons. The number of nitrogens with one attached hydrogen (secondary N) is 1. The van der Waals surface area contributed by atoms with Crippen molar-refractivity contribution in [2.75, 3.05) is 0 Å². The molecule has 5 nitrogen and oxygen atoms in total. The van der Waals surface area contributed by atoms with Crippen molar-refractivity contribution in [1.82, 2.24) is 10.3 Å². The molecule has 0 aliphatic rings. The predicted molar refractivity (Wildman–Crippen MR) is 45.4 cm³/mol. The summed E-state index contributed by atoms with van der Waals surface area (Å²) in [6.45, 7) is 1.48. The molecule has 0 fully saturated rings. The number of nitrogens with zero attached hydrogens (tertiary/aromatic N) is 1. The zero-order valence-corrected chi connectivity index (χ0v) is 7.36. The lowest BCUT2D eigenvalue weighted by Crippen LogP contribution is -2.24. The number of hydrogen-bond acceptors (Lipinski definition) is 3. The number of aromatic hydroxyl groups is 1. The Morgan fingerprint density at radius 3 is 2.93 bits per heavy atom. The van der Waals surface area contributed by atoms with E-state index < -0.39 is 18.0 Å². The van der Waals surface area contributed by atoms with Crippen LogP contribution in [0.4, 0.5) is 9.18 Å². The summed E-state index contributed by atoms with van der Waals surface area (Å²) in [5, 5.41) is 19.7. The molecule has 1 amide bonds. The van der Waals surface area contributed by atoms with Gasteiger partial charge in [-0.1, -0.05) is 0 Å². The SMILES string of the molecule is C[C@@H](NC(=O)O)c1cc(F)cnc1O. The fourth-order valence-corrected chi connectivity index (χ4v) is 1.03. The first-order chi connectivity index (χ1) is 6.50. The molecule has 3 N–H and O–H groups in total. The molecule has 14 heavy (non-hydrogen) atoms. The average molecular weight is 200 g/mol. The summed E-state index contributed by atoms with van der Waals surface area (Å²) in [4.78, 5) is 13.6. The minimum absolute atomic E-state index is 0.104. The predicted octanol–water partition coefficient (Wildman–Crippen LogP) is 1.25. The molecule has 0 bridgehead atoms. The maximum Gasteiger partial charge on any atom is 0.405 e. The van der Waals surface area contributed by atoms with E-state index in [4.69, 9.17) is 5.11 Å². The molecule has 0 spiro atoms. The van der Waals surface area contributed by atoms with Gasteiger partial charge in [-0.3, -0.25) is 0 Å². The van der Waals surface area contributed by atoms with Gasteiger partial charge in [-0.2, -0.15) is 0 Å². The highest BCUT2D eigenvalue weighted by atomic mass is 19.1. The van der Waals surface area contributed by atoms with Gasteiger partial charge < -0.3 is 15.5 Å². The van der Waals surface area contributed by atoms with Crippen LogP contribution in [0.5, 0.6) is 5.88 Å². The first-order valence-electron chi connectivity index (χ1n) is 3.84. The zero-order chi connectivity index (χ0) is 10.7. The molecule has 1 atom stereocenters.